The second kappa shape index (κ2) is 4.29. The molecular formula is C9H18ClNO2. The molecule has 13 heavy (non-hydrogen) atoms. The molecule has 0 aromatic carbocycles. The molecule has 4 heteroatoms. The first kappa shape index (κ1) is 12.7. The molecule has 0 spiro atoms. The Labute approximate surface area is 84.5 Å². The zero-order valence-corrected chi connectivity index (χ0v) is 9.40. The Bertz CT molecular complexity index is 190. The Hall–Kier alpha value is -0.280. The monoisotopic (exact) mass is 207 g/mol. The summed E-state index contributed by atoms with van der Waals surface area (Å²) in [5.41, 5.74) is -1.17. The Morgan fingerprint density at radius 1 is 1.38 bits per heavy atom. The van der Waals surface area contributed by atoms with Gasteiger partial charge >= 0.3 is 0 Å². The molecule has 0 unspecified atom stereocenters. The molecule has 78 valence electrons. The zero-order valence-electron chi connectivity index (χ0n) is 8.65. The van der Waals surface area contributed by atoms with Gasteiger partial charge in [-0.15, -0.1) is 11.6 Å². The predicted molar refractivity (Wildman–Crippen MR) is 53.8 cm³/mol. The molecule has 1 amide bonds. The number of halogens is 1. The summed E-state index contributed by atoms with van der Waals surface area (Å²) in [6.45, 7) is 6.97. The molecule has 2 N–H and O–H groups in total. The number of amides is 1. The van der Waals surface area contributed by atoms with E-state index in [-0.39, 0.29) is 18.4 Å². The van der Waals surface area contributed by atoms with Crippen molar-refractivity contribution in [3.05, 3.63) is 0 Å². The largest absolute Gasteiger partial charge is 0.394 e. The molecule has 0 aliphatic heterocycles. The van der Waals surface area contributed by atoms with Crippen LogP contribution in [0.3, 0.4) is 0 Å². The van der Waals surface area contributed by atoms with Crippen molar-refractivity contribution in [2.24, 2.45) is 5.41 Å². The molecule has 0 saturated heterocycles. The van der Waals surface area contributed by atoms with Gasteiger partial charge in [-0.05, 0) is 27.7 Å². The van der Waals surface area contributed by atoms with Gasteiger partial charge in [-0.1, -0.05) is 0 Å². The Morgan fingerprint density at radius 3 is 2.15 bits per heavy atom. The first-order valence-electron chi connectivity index (χ1n) is 4.24. The quantitative estimate of drug-likeness (QED) is 0.680. The van der Waals surface area contributed by atoms with Crippen molar-refractivity contribution in [3.63, 3.8) is 0 Å². The maximum Gasteiger partial charge on any atom is 0.227 e. The van der Waals surface area contributed by atoms with Gasteiger partial charge in [-0.3, -0.25) is 4.79 Å². The predicted octanol–water partition coefficient (Wildman–Crippen LogP) is 1.14. The van der Waals surface area contributed by atoms with Gasteiger partial charge in [0.1, 0.15) is 0 Å². The number of alkyl halides is 1. The lowest BCUT2D eigenvalue weighted by molar-refractivity contribution is -0.130. The molecule has 0 atom stereocenters. The average molecular weight is 208 g/mol. The van der Waals surface area contributed by atoms with Gasteiger partial charge < -0.3 is 10.4 Å². The Kier molecular flexibility index (Phi) is 4.20. The molecule has 0 aliphatic carbocycles. The molecule has 0 bridgehead atoms. The summed E-state index contributed by atoms with van der Waals surface area (Å²) < 4.78 is 0. The summed E-state index contributed by atoms with van der Waals surface area (Å²) in [7, 11) is 0. The van der Waals surface area contributed by atoms with Crippen LogP contribution in [0.5, 0.6) is 0 Å². The molecule has 0 aromatic rings. The number of hydrogen-bond acceptors (Lipinski definition) is 2. The van der Waals surface area contributed by atoms with Gasteiger partial charge in [0.15, 0.2) is 0 Å². The van der Waals surface area contributed by atoms with E-state index < -0.39 is 11.0 Å². The molecule has 0 aromatic heterocycles. The highest BCUT2D eigenvalue weighted by Gasteiger charge is 2.30. The van der Waals surface area contributed by atoms with Crippen molar-refractivity contribution >= 4 is 17.5 Å². The van der Waals surface area contributed by atoms with Crippen molar-refractivity contribution < 1.29 is 9.90 Å². The van der Waals surface area contributed by atoms with E-state index in [1.807, 2.05) is 0 Å². The van der Waals surface area contributed by atoms with Gasteiger partial charge in [0.05, 0.1) is 17.6 Å². The number of aliphatic hydroxyl groups is 1. The second-order valence-corrected chi connectivity index (χ2v) is 4.78. The van der Waals surface area contributed by atoms with E-state index in [1.54, 1.807) is 27.7 Å². The first-order valence-corrected chi connectivity index (χ1v) is 4.78. The smallest absolute Gasteiger partial charge is 0.227 e. The number of carbonyl (C=O) groups is 1. The van der Waals surface area contributed by atoms with E-state index >= 15 is 0 Å². The van der Waals surface area contributed by atoms with Crippen LogP contribution in [-0.4, -0.2) is 29.0 Å². The molecule has 0 radical (unpaired) electrons. The van der Waals surface area contributed by atoms with E-state index in [4.69, 9.17) is 16.7 Å². The number of nitrogens with one attached hydrogen (secondary N) is 1. The highest BCUT2D eigenvalue weighted by molar-refractivity contribution is 6.19. The van der Waals surface area contributed by atoms with Crippen LogP contribution in [0.4, 0.5) is 0 Å². The molecule has 0 fully saturated rings. The molecular weight excluding hydrogens is 190 g/mol. The SMILES string of the molecule is CC(C)(CO)NC(=O)C(C)(C)CCl. The van der Waals surface area contributed by atoms with Crippen molar-refractivity contribution in [1.29, 1.82) is 0 Å². The highest BCUT2D eigenvalue weighted by atomic mass is 35.5. The van der Waals surface area contributed by atoms with Crippen LogP contribution in [0.25, 0.3) is 0 Å². The molecule has 3 nitrogen and oxygen atoms in total. The molecule has 0 saturated carbocycles. The third kappa shape index (κ3) is 3.96. The van der Waals surface area contributed by atoms with Crippen LogP contribution < -0.4 is 5.32 Å². The summed E-state index contributed by atoms with van der Waals surface area (Å²) in [4.78, 5) is 11.6. The maximum atomic E-state index is 11.6. The summed E-state index contributed by atoms with van der Waals surface area (Å²) >= 11 is 5.64. The second-order valence-electron chi connectivity index (χ2n) is 4.51. The van der Waals surface area contributed by atoms with Crippen molar-refractivity contribution in [1.82, 2.24) is 5.32 Å². The van der Waals surface area contributed by atoms with Crippen LogP contribution in [-0.2, 0) is 4.79 Å². The van der Waals surface area contributed by atoms with E-state index in [0.717, 1.165) is 0 Å². The lowest BCUT2D eigenvalue weighted by atomic mass is 9.93. The van der Waals surface area contributed by atoms with Gasteiger partial charge in [0.2, 0.25) is 5.91 Å². The lowest BCUT2D eigenvalue weighted by Crippen LogP contribution is -2.51. The van der Waals surface area contributed by atoms with Crippen LogP contribution in [0.1, 0.15) is 27.7 Å². The Morgan fingerprint density at radius 2 is 1.85 bits per heavy atom. The van der Waals surface area contributed by atoms with E-state index in [1.165, 1.54) is 0 Å². The van der Waals surface area contributed by atoms with Gasteiger partial charge in [0, 0.05) is 5.88 Å². The summed E-state index contributed by atoms with van der Waals surface area (Å²) in [5, 5.41) is 11.7. The van der Waals surface area contributed by atoms with Crippen LogP contribution >= 0.6 is 11.6 Å². The fourth-order valence-corrected chi connectivity index (χ4v) is 0.698. The van der Waals surface area contributed by atoms with E-state index in [2.05, 4.69) is 5.32 Å². The van der Waals surface area contributed by atoms with Crippen molar-refractivity contribution in [2.45, 2.75) is 33.2 Å². The minimum absolute atomic E-state index is 0.0862. The van der Waals surface area contributed by atoms with E-state index in [9.17, 15) is 4.79 Å². The van der Waals surface area contributed by atoms with Gasteiger partial charge in [0.25, 0.3) is 0 Å². The fourth-order valence-electron chi connectivity index (χ4n) is 0.577. The van der Waals surface area contributed by atoms with Gasteiger partial charge in [-0.2, -0.15) is 0 Å². The maximum absolute atomic E-state index is 11.6. The lowest BCUT2D eigenvalue weighted by Gasteiger charge is -2.29. The van der Waals surface area contributed by atoms with Gasteiger partial charge in [-0.25, -0.2) is 0 Å². The van der Waals surface area contributed by atoms with Crippen LogP contribution in [0.15, 0.2) is 0 Å². The topological polar surface area (TPSA) is 49.3 Å². The number of hydrogen-bond donors (Lipinski definition) is 2. The van der Waals surface area contributed by atoms with E-state index in [0.29, 0.717) is 0 Å². The molecule has 0 aliphatic rings. The zero-order chi connectivity index (χ0) is 10.7. The van der Waals surface area contributed by atoms with Crippen LogP contribution in [0, 0.1) is 5.41 Å². The number of rotatable bonds is 4. The Balaban J connectivity index is 4.31. The highest BCUT2D eigenvalue weighted by Crippen LogP contribution is 2.18. The first-order chi connectivity index (χ1) is 5.75. The third-order valence-electron chi connectivity index (χ3n) is 1.80. The molecule has 0 heterocycles. The fraction of sp³-hybridized carbons (Fsp3) is 0.889. The minimum atomic E-state index is -0.589. The standard InChI is InChI=1S/C9H18ClNO2/c1-8(2,5-10)7(13)11-9(3,4)6-12/h12H,5-6H2,1-4H3,(H,11,13). The summed E-state index contributed by atoms with van der Waals surface area (Å²) in [6.07, 6.45) is 0. The summed E-state index contributed by atoms with van der Waals surface area (Å²) in [6, 6.07) is 0. The van der Waals surface area contributed by atoms with Crippen LogP contribution in [0.2, 0.25) is 0 Å². The summed E-state index contributed by atoms with van der Waals surface area (Å²) in [5.74, 6) is 0.127. The van der Waals surface area contributed by atoms with Crippen molar-refractivity contribution in [2.75, 3.05) is 12.5 Å². The third-order valence-corrected chi connectivity index (χ3v) is 2.46. The number of aliphatic hydroxyl groups excluding tert-OH is 1. The average Bonchev–Trinajstić information content (AvgIpc) is 2.04. The minimum Gasteiger partial charge on any atom is -0.394 e. The van der Waals surface area contributed by atoms with Crippen molar-refractivity contribution in [3.8, 4) is 0 Å². The molecule has 0 rings (SSSR count). The number of carbonyl (C=O) groups excluding carboxylic acids is 1. The normalized spacial score (nSPS) is 12.8.